The van der Waals surface area contributed by atoms with Crippen LogP contribution in [0.4, 0.5) is 19.3 Å². The number of carbonyl (C=O) groups is 4. The van der Waals surface area contributed by atoms with Gasteiger partial charge in [0.25, 0.3) is 5.91 Å². The number of hydrogen-bond donors (Lipinski definition) is 3. The van der Waals surface area contributed by atoms with Crippen LogP contribution in [0.15, 0.2) is 42.5 Å². The van der Waals surface area contributed by atoms with Crippen molar-refractivity contribution in [1.29, 1.82) is 0 Å². The highest BCUT2D eigenvalue weighted by Crippen LogP contribution is 2.29. The van der Waals surface area contributed by atoms with E-state index in [0.717, 1.165) is 17.7 Å². The fourth-order valence-corrected chi connectivity index (χ4v) is 3.37. The predicted octanol–water partition coefficient (Wildman–Crippen LogP) is 2.05. The van der Waals surface area contributed by atoms with Crippen LogP contribution in [0.25, 0.3) is 0 Å². The van der Waals surface area contributed by atoms with Crippen LogP contribution in [-0.2, 0) is 26.3 Å². The molecule has 0 spiro atoms. The molecule has 1 unspecified atom stereocenters. The third-order valence-electron chi connectivity index (χ3n) is 5.19. The number of carbonyl (C=O) groups excluding carboxylic acids is 4. The fraction of sp³-hybridized carbons (Fsp3) is 0.273. The van der Waals surface area contributed by atoms with Gasteiger partial charge in [-0.2, -0.15) is 0 Å². The molecule has 168 valence electrons. The van der Waals surface area contributed by atoms with E-state index in [1.807, 2.05) is 19.1 Å². The third-order valence-corrected chi connectivity index (χ3v) is 5.19. The van der Waals surface area contributed by atoms with Gasteiger partial charge in [-0.15, -0.1) is 0 Å². The molecule has 0 aromatic heterocycles. The molecule has 2 aromatic carbocycles. The number of amides is 5. The number of nitrogens with zero attached hydrogens (tertiary/aromatic N) is 1. The van der Waals surface area contributed by atoms with E-state index in [1.54, 1.807) is 12.1 Å². The highest BCUT2D eigenvalue weighted by molar-refractivity contribution is 6.09. The maximum atomic E-state index is 13.6. The van der Waals surface area contributed by atoms with Crippen molar-refractivity contribution in [3.05, 3.63) is 65.2 Å². The zero-order valence-electron chi connectivity index (χ0n) is 17.5. The van der Waals surface area contributed by atoms with Gasteiger partial charge in [0.2, 0.25) is 11.8 Å². The summed E-state index contributed by atoms with van der Waals surface area (Å²) < 4.78 is 26.8. The number of imide groups is 1. The Morgan fingerprint density at radius 3 is 2.47 bits per heavy atom. The van der Waals surface area contributed by atoms with E-state index in [-0.39, 0.29) is 12.1 Å². The van der Waals surface area contributed by atoms with Crippen molar-refractivity contribution in [3.63, 3.8) is 0 Å². The molecule has 1 aliphatic rings. The van der Waals surface area contributed by atoms with Gasteiger partial charge in [-0.1, -0.05) is 31.2 Å². The summed E-state index contributed by atoms with van der Waals surface area (Å²) in [6.07, 6.45) is 0.714. The number of nitrogens with one attached hydrogen (secondary N) is 3. The van der Waals surface area contributed by atoms with Crippen LogP contribution in [0, 0.1) is 11.6 Å². The van der Waals surface area contributed by atoms with Crippen LogP contribution < -0.4 is 16.0 Å². The summed E-state index contributed by atoms with van der Waals surface area (Å²) >= 11 is 0. The average Bonchev–Trinajstić information content (AvgIpc) is 2.98. The van der Waals surface area contributed by atoms with Crippen LogP contribution in [0.5, 0.6) is 0 Å². The molecule has 1 aliphatic heterocycles. The summed E-state index contributed by atoms with van der Waals surface area (Å²) in [5.41, 5.74) is -0.0621. The standard InChI is InChI=1S/C22H22F2N4O4/c1-3-13-6-4-5-7-17(13)26-18(29)11-25-19(30)12-28-20(31)22(2,27-21(28)32)14-8-9-15(23)16(24)10-14/h4-10H,3,11-12H2,1-2H3,(H,25,30)(H,26,29)(H,27,32). The van der Waals surface area contributed by atoms with E-state index in [1.165, 1.54) is 13.0 Å². The molecule has 2 aromatic rings. The highest BCUT2D eigenvalue weighted by atomic mass is 19.2. The first-order chi connectivity index (χ1) is 15.2. The van der Waals surface area contributed by atoms with E-state index in [2.05, 4.69) is 16.0 Å². The monoisotopic (exact) mass is 444 g/mol. The molecular formula is C22H22F2N4O4. The van der Waals surface area contributed by atoms with Crippen molar-refractivity contribution in [2.45, 2.75) is 25.8 Å². The molecule has 1 fully saturated rings. The zero-order valence-corrected chi connectivity index (χ0v) is 17.5. The second-order valence-corrected chi connectivity index (χ2v) is 7.41. The Balaban J connectivity index is 1.60. The summed E-state index contributed by atoms with van der Waals surface area (Å²) in [7, 11) is 0. The maximum Gasteiger partial charge on any atom is 0.325 e. The average molecular weight is 444 g/mol. The zero-order chi connectivity index (χ0) is 23.5. The number of anilines is 1. The van der Waals surface area contributed by atoms with Crippen LogP contribution >= 0.6 is 0 Å². The number of para-hydroxylation sites is 1. The molecular weight excluding hydrogens is 422 g/mol. The normalized spacial score (nSPS) is 17.8. The first kappa shape index (κ1) is 22.9. The summed E-state index contributed by atoms with van der Waals surface area (Å²) in [5, 5.41) is 7.45. The van der Waals surface area contributed by atoms with Gasteiger partial charge in [-0.05, 0) is 42.7 Å². The van der Waals surface area contributed by atoms with Gasteiger partial charge in [0, 0.05) is 5.69 Å². The minimum Gasteiger partial charge on any atom is -0.345 e. The largest absolute Gasteiger partial charge is 0.345 e. The number of urea groups is 1. The minimum atomic E-state index is -1.66. The number of halogens is 2. The Hall–Kier alpha value is -3.82. The lowest BCUT2D eigenvalue weighted by atomic mass is 9.92. The number of aryl methyl sites for hydroxylation is 1. The Morgan fingerprint density at radius 2 is 1.78 bits per heavy atom. The van der Waals surface area contributed by atoms with Gasteiger partial charge in [0.05, 0.1) is 6.54 Å². The smallest absolute Gasteiger partial charge is 0.325 e. The lowest BCUT2D eigenvalue weighted by Gasteiger charge is -2.22. The minimum absolute atomic E-state index is 0.0339. The Bertz CT molecular complexity index is 1090. The van der Waals surface area contributed by atoms with Gasteiger partial charge >= 0.3 is 6.03 Å². The molecule has 0 aliphatic carbocycles. The number of rotatable bonds is 7. The topological polar surface area (TPSA) is 108 Å². The van der Waals surface area contributed by atoms with Crippen molar-refractivity contribution in [2.24, 2.45) is 0 Å². The predicted molar refractivity (Wildman–Crippen MR) is 111 cm³/mol. The number of hydrogen-bond acceptors (Lipinski definition) is 4. The molecule has 3 rings (SSSR count). The van der Waals surface area contributed by atoms with Crippen molar-refractivity contribution >= 4 is 29.4 Å². The Morgan fingerprint density at radius 1 is 1.06 bits per heavy atom. The van der Waals surface area contributed by atoms with Crippen LogP contribution in [-0.4, -0.2) is 41.7 Å². The quantitative estimate of drug-likeness (QED) is 0.568. The van der Waals surface area contributed by atoms with Gasteiger partial charge < -0.3 is 16.0 Å². The van der Waals surface area contributed by atoms with E-state index in [4.69, 9.17) is 0 Å². The Kier molecular flexibility index (Phi) is 6.52. The van der Waals surface area contributed by atoms with E-state index in [0.29, 0.717) is 17.0 Å². The molecule has 32 heavy (non-hydrogen) atoms. The molecule has 0 saturated carbocycles. The van der Waals surface area contributed by atoms with Gasteiger partial charge in [0.1, 0.15) is 12.1 Å². The van der Waals surface area contributed by atoms with Crippen LogP contribution in [0.2, 0.25) is 0 Å². The van der Waals surface area contributed by atoms with Crippen molar-refractivity contribution in [1.82, 2.24) is 15.5 Å². The second kappa shape index (κ2) is 9.13. The SMILES string of the molecule is CCc1ccccc1NC(=O)CNC(=O)CN1C(=O)NC(C)(c2ccc(F)c(F)c2)C1=O. The molecule has 8 nitrogen and oxygen atoms in total. The van der Waals surface area contributed by atoms with E-state index in [9.17, 15) is 28.0 Å². The lowest BCUT2D eigenvalue weighted by molar-refractivity contribution is -0.135. The van der Waals surface area contributed by atoms with Gasteiger partial charge in [-0.25, -0.2) is 13.6 Å². The van der Waals surface area contributed by atoms with Crippen molar-refractivity contribution in [3.8, 4) is 0 Å². The summed E-state index contributed by atoms with van der Waals surface area (Å²) in [4.78, 5) is 50.1. The molecule has 1 heterocycles. The first-order valence-corrected chi connectivity index (χ1v) is 9.89. The first-order valence-electron chi connectivity index (χ1n) is 9.89. The molecule has 1 atom stereocenters. The second-order valence-electron chi connectivity index (χ2n) is 7.41. The highest BCUT2D eigenvalue weighted by Gasteiger charge is 2.49. The molecule has 10 heteroatoms. The van der Waals surface area contributed by atoms with Crippen LogP contribution in [0.3, 0.4) is 0 Å². The van der Waals surface area contributed by atoms with Gasteiger partial charge in [0.15, 0.2) is 11.6 Å². The Labute approximate surface area is 183 Å². The van der Waals surface area contributed by atoms with Crippen molar-refractivity contribution < 1.29 is 28.0 Å². The summed E-state index contributed by atoms with van der Waals surface area (Å²) in [6, 6.07) is 9.21. The lowest BCUT2D eigenvalue weighted by Crippen LogP contribution is -2.44. The third kappa shape index (κ3) is 4.58. The summed E-state index contributed by atoms with van der Waals surface area (Å²) in [5.74, 6) is -4.27. The molecule has 5 amide bonds. The molecule has 0 bridgehead atoms. The molecule has 1 saturated heterocycles. The van der Waals surface area contributed by atoms with E-state index < -0.39 is 47.5 Å². The fourth-order valence-electron chi connectivity index (χ4n) is 3.37. The van der Waals surface area contributed by atoms with Crippen LogP contribution in [0.1, 0.15) is 25.0 Å². The van der Waals surface area contributed by atoms with Crippen molar-refractivity contribution in [2.75, 3.05) is 18.4 Å². The maximum absolute atomic E-state index is 13.6. The van der Waals surface area contributed by atoms with E-state index >= 15 is 0 Å². The summed E-state index contributed by atoms with van der Waals surface area (Å²) in [6.45, 7) is 2.28. The number of benzene rings is 2. The molecule has 3 N–H and O–H groups in total. The molecule has 0 radical (unpaired) electrons. The van der Waals surface area contributed by atoms with Gasteiger partial charge in [-0.3, -0.25) is 19.3 Å².